The third-order valence-electron chi connectivity index (χ3n) is 3.28. The van der Waals surface area contributed by atoms with Crippen LogP contribution < -0.4 is 0 Å². The molecular weight excluding hydrogens is 771 g/mol. The molecule has 13 heteroatoms. The fraction of sp³-hybridized carbons (Fsp3) is 0.273. The fourth-order valence-electron chi connectivity index (χ4n) is 1.75. The number of carbonyl (C=O) groups is 3. The molecule has 0 aliphatic carbocycles. The van der Waals surface area contributed by atoms with E-state index in [0.29, 0.717) is 12.3 Å². The Bertz CT molecular complexity index is 745. The molecule has 9 nitrogen and oxygen atoms in total. The molecule has 0 fully saturated rings. The Morgan fingerprint density at radius 1 is 0.971 bits per heavy atom. The minimum atomic E-state index is -1.82. The number of rotatable bonds is 4. The topological polar surface area (TPSA) is 190 Å². The second kappa shape index (κ2) is 32.6. The Labute approximate surface area is 237 Å². The van der Waals surface area contributed by atoms with Gasteiger partial charge in [0.2, 0.25) is 0 Å². The molecule has 1 aromatic heterocycles. The van der Waals surface area contributed by atoms with Crippen molar-refractivity contribution in [1.29, 1.82) is 0 Å². The van der Waals surface area contributed by atoms with Crippen molar-refractivity contribution in [3.05, 3.63) is 86.5 Å². The first-order valence-corrected chi connectivity index (χ1v) is 14.1. The largest absolute Gasteiger partial charge is 1.00 e. The average molecular weight is 807 g/mol. The summed E-state index contributed by atoms with van der Waals surface area (Å²) in [6, 6.07) is 12.4. The summed E-state index contributed by atoms with van der Waals surface area (Å²) in [5, 5.41) is 23.1. The van der Waals surface area contributed by atoms with E-state index in [4.69, 9.17) is 43.7 Å². The molecule has 7 N–H and O–H groups in total. The normalized spacial score (nSPS) is 7.83. The summed E-state index contributed by atoms with van der Waals surface area (Å²) in [5.74, 6) is -3.76. The van der Waals surface area contributed by atoms with Gasteiger partial charge in [0.1, 0.15) is 0 Å². The second-order valence-electron chi connectivity index (χ2n) is 5.98. The van der Waals surface area contributed by atoms with Crippen LogP contribution in [0.4, 0.5) is 0 Å². The van der Waals surface area contributed by atoms with E-state index in [-0.39, 0.29) is 52.4 Å². The minimum Gasteiger partial charge on any atom is -0.693 e. The molecule has 1 heterocycles. The van der Waals surface area contributed by atoms with Gasteiger partial charge in [-0.2, -0.15) is 0 Å². The van der Waals surface area contributed by atoms with Crippen LogP contribution in [0.3, 0.4) is 0 Å². The molecule has 0 atom stereocenters. The van der Waals surface area contributed by atoms with Crippen molar-refractivity contribution in [3.63, 3.8) is 0 Å². The molecule has 0 spiro atoms. The Morgan fingerprint density at radius 3 is 1.69 bits per heavy atom. The fourth-order valence-corrected chi connectivity index (χ4v) is 1.75. The third kappa shape index (κ3) is 34.8. The number of nitrogens with zero attached hydrogens (tertiary/aromatic N) is 1. The molecule has 207 valence electrons. The Hall–Kier alpha value is -1.41. The minimum absolute atomic E-state index is 0. The van der Waals surface area contributed by atoms with E-state index in [9.17, 15) is 4.79 Å². The molecule has 0 amide bonds. The van der Waals surface area contributed by atoms with Gasteiger partial charge >= 0.3 is 72.7 Å². The summed E-state index contributed by atoms with van der Waals surface area (Å²) in [4.78, 5) is 32.2. The van der Waals surface area contributed by atoms with Crippen molar-refractivity contribution in [2.24, 2.45) is 0 Å². The van der Waals surface area contributed by atoms with Crippen LogP contribution in [0, 0.1) is 21.8 Å². The Morgan fingerprint density at radius 2 is 1.40 bits per heavy atom. The summed E-state index contributed by atoms with van der Waals surface area (Å²) < 4.78 is 0. The summed E-state index contributed by atoms with van der Waals surface area (Å²) in [7, 11) is 9.75. The van der Waals surface area contributed by atoms with Gasteiger partial charge in [0.15, 0.2) is 0 Å². The number of carboxylic acid groups (broad SMARTS) is 3. The number of hydrogen-bond donors (Lipinski definition) is 3. The van der Waals surface area contributed by atoms with E-state index in [1.807, 2.05) is 6.07 Å². The van der Waals surface area contributed by atoms with E-state index in [0.717, 1.165) is 5.56 Å². The quantitative estimate of drug-likeness (QED) is 0.205. The number of carboxylic acids is 3. The molecule has 0 bridgehead atoms. The molecule has 0 aliphatic heterocycles. The van der Waals surface area contributed by atoms with Gasteiger partial charge in [-0.1, -0.05) is 49.7 Å². The van der Waals surface area contributed by atoms with Crippen molar-refractivity contribution in [1.82, 2.24) is 4.98 Å². The number of hydrogen-bond acceptors (Lipinski definition) is 4. The first-order valence-electron chi connectivity index (χ1n) is 8.50. The van der Waals surface area contributed by atoms with Crippen molar-refractivity contribution >= 4 is 36.7 Å². The summed E-state index contributed by atoms with van der Waals surface area (Å²) in [6.45, 7) is 6.54. The average Bonchev–Trinajstić information content (AvgIpc) is 2.69. The van der Waals surface area contributed by atoms with Gasteiger partial charge in [-0.15, -0.1) is 0 Å². The molecule has 35 heavy (non-hydrogen) atoms. The summed E-state index contributed by atoms with van der Waals surface area (Å²) in [5.41, 5.74) is 3.73. The zero-order valence-corrected chi connectivity index (χ0v) is 25.6. The molecular formula is C22H35Cl2N2O7PtRu. The van der Waals surface area contributed by atoms with Gasteiger partial charge in [-0.05, 0) is 36.5 Å². The van der Waals surface area contributed by atoms with E-state index < -0.39 is 34.4 Å². The maximum Gasteiger partial charge on any atom is 1.00 e. The van der Waals surface area contributed by atoms with Crippen LogP contribution >= 0.6 is 18.8 Å². The number of nitrogens with two attached hydrogens (primary N) is 1. The van der Waals surface area contributed by atoms with E-state index in [1.165, 1.54) is 11.1 Å². The first-order chi connectivity index (χ1) is 14.0. The van der Waals surface area contributed by atoms with Crippen molar-refractivity contribution in [2.75, 3.05) is 0 Å². The van der Waals surface area contributed by atoms with E-state index in [2.05, 4.69) is 50.0 Å². The van der Waals surface area contributed by atoms with E-state index in [1.54, 1.807) is 18.5 Å². The van der Waals surface area contributed by atoms with Crippen LogP contribution in [0.5, 0.6) is 0 Å². The van der Waals surface area contributed by atoms with Gasteiger partial charge in [-0.3, -0.25) is 9.78 Å². The third-order valence-corrected chi connectivity index (χ3v) is 3.28. The monoisotopic (exact) mass is 806 g/mol. The predicted molar refractivity (Wildman–Crippen MR) is 134 cm³/mol. The SMILES string of the molecule is Cc1ccc(C(C)C)cc1.O.O=C(O)C(=O)O.O=C(O)CCc1cccnc1.[CH3-].[CH3-].[Cl][Pt+2][Cl].[NH2-].[Ru+]. The van der Waals surface area contributed by atoms with Crippen molar-refractivity contribution in [3.8, 4) is 0 Å². The Kier molecular flexibility index (Phi) is 47.0. The summed E-state index contributed by atoms with van der Waals surface area (Å²) >= 11 is -0.472. The number of benzene rings is 1. The number of aromatic nitrogens is 1. The van der Waals surface area contributed by atoms with Gasteiger partial charge < -0.3 is 41.8 Å². The van der Waals surface area contributed by atoms with Gasteiger partial charge in [0, 0.05) is 18.8 Å². The molecule has 2 aromatic rings. The van der Waals surface area contributed by atoms with E-state index >= 15 is 0 Å². The van der Waals surface area contributed by atoms with Gasteiger partial charge in [0.05, 0.1) is 0 Å². The molecule has 0 unspecified atom stereocenters. The number of halogens is 2. The van der Waals surface area contributed by atoms with Gasteiger partial charge in [-0.25, -0.2) is 9.59 Å². The first kappa shape index (κ1) is 50.5. The van der Waals surface area contributed by atoms with Crippen molar-refractivity contribution < 1.29 is 71.1 Å². The predicted octanol–water partition coefficient (Wildman–Crippen LogP) is 5.54. The van der Waals surface area contributed by atoms with Crippen LogP contribution in [0.15, 0.2) is 48.8 Å². The second-order valence-corrected chi connectivity index (χ2v) is 9.26. The van der Waals surface area contributed by atoms with Crippen molar-refractivity contribution in [2.45, 2.75) is 39.5 Å². The molecule has 2 rings (SSSR count). The molecule has 0 aliphatic rings. The molecule has 1 aromatic carbocycles. The molecule has 0 saturated carbocycles. The number of aliphatic carboxylic acids is 3. The zero-order chi connectivity index (χ0) is 23.5. The molecule has 1 radical (unpaired) electrons. The van der Waals surface area contributed by atoms with Crippen LogP contribution in [0.1, 0.15) is 42.9 Å². The number of pyridine rings is 1. The maximum atomic E-state index is 10.2. The Balaban J connectivity index is -0.0000000612. The zero-order valence-electron chi connectivity index (χ0n) is 20.1. The van der Waals surface area contributed by atoms with Gasteiger partial charge in [0.25, 0.3) is 0 Å². The maximum absolute atomic E-state index is 10.2. The van der Waals surface area contributed by atoms with Crippen LogP contribution in [-0.4, -0.2) is 43.7 Å². The summed E-state index contributed by atoms with van der Waals surface area (Å²) in [6.07, 6.45) is 4.09. The molecule has 0 saturated heterocycles. The van der Waals surface area contributed by atoms with Crippen LogP contribution in [0.2, 0.25) is 0 Å². The van der Waals surface area contributed by atoms with Crippen LogP contribution in [-0.2, 0) is 56.8 Å². The smallest absolute Gasteiger partial charge is 0.693 e. The standard InChI is InChI=1S/C10H14.C8H9NO2.C2H2O4.2CH3.2ClH.H2N.H2O.Pt.Ru/c1-8(2)10-6-4-9(3)5-7-10;10-8(11)4-3-7-2-1-5-9-6-7;3-1(4)2(5)6;;;;;;;;/h4-8H,1-3H3;1-2,5-6H,3-4H2,(H,10,11);(H,3,4)(H,5,6);2*1H3;2*1H;2*1H2;;/q;;;2*-1;;;-1;;+4;+1/p-2. The number of aryl methyl sites for hydroxylation is 2. The van der Waals surface area contributed by atoms with Crippen LogP contribution in [0.25, 0.3) is 6.15 Å².